The third-order valence-corrected chi connectivity index (χ3v) is 6.90. The van der Waals surface area contributed by atoms with Crippen LogP contribution in [0.2, 0.25) is 0 Å². The van der Waals surface area contributed by atoms with E-state index < -0.39 is 0 Å². The minimum Gasteiger partial charge on any atom is -0.394 e. The van der Waals surface area contributed by atoms with Crippen molar-refractivity contribution < 1.29 is 5.11 Å². The van der Waals surface area contributed by atoms with Gasteiger partial charge in [-0.05, 0) is 51.1 Å². The average Bonchev–Trinajstić information content (AvgIpc) is 3.55. The molecule has 3 aliphatic rings. The second kappa shape index (κ2) is 8.40. The van der Waals surface area contributed by atoms with Crippen LogP contribution in [0.1, 0.15) is 63.1 Å². The van der Waals surface area contributed by atoms with Crippen LogP contribution in [0.3, 0.4) is 0 Å². The van der Waals surface area contributed by atoms with Crippen molar-refractivity contribution in [3.8, 4) is 11.3 Å². The number of hydrogen-bond acceptors (Lipinski definition) is 6. The molecule has 3 fully saturated rings. The molecular formula is C22H32N6O. The number of rotatable bonds is 6. The maximum atomic E-state index is 9.63. The molecule has 2 saturated heterocycles. The van der Waals surface area contributed by atoms with Crippen LogP contribution < -0.4 is 4.90 Å². The molecule has 0 amide bonds. The van der Waals surface area contributed by atoms with E-state index in [-0.39, 0.29) is 6.61 Å². The molecule has 1 aliphatic carbocycles. The highest BCUT2D eigenvalue weighted by Gasteiger charge is 2.36. The summed E-state index contributed by atoms with van der Waals surface area (Å²) in [6.45, 7) is 3.89. The Balaban J connectivity index is 1.52. The van der Waals surface area contributed by atoms with E-state index in [1.54, 1.807) is 0 Å². The Morgan fingerprint density at radius 2 is 1.83 bits per heavy atom. The molecule has 0 aromatic carbocycles. The summed E-state index contributed by atoms with van der Waals surface area (Å²) in [5.74, 6) is 0.833. The molecule has 2 aromatic heterocycles. The fraction of sp³-hybridized carbons (Fsp3) is 0.682. The van der Waals surface area contributed by atoms with Gasteiger partial charge in [-0.25, -0.2) is 9.97 Å². The Labute approximate surface area is 172 Å². The zero-order valence-electron chi connectivity index (χ0n) is 17.2. The Morgan fingerprint density at radius 1 is 1.00 bits per heavy atom. The first kappa shape index (κ1) is 19.0. The van der Waals surface area contributed by atoms with Gasteiger partial charge in [0.25, 0.3) is 0 Å². The van der Waals surface area contributed by atoms with Crippen LogP contribution in [0.4, 0.5) is 5.95 Å². The number of aromatic nitrogens is 4. The lowest BCUT2D eigenvalue weighted by molar-refractivity contribution is 0.173. The van der Waals surface area contributed by atoms with E-state index >= 15 is 0 Å². The highest BCUT2D eigenvalue weighted by atomic mass is 16.3. The Kier molecular flexibility index (Phi) is 5.50. The van der Waals surface area contributed by atoms with Crippen LogP contribution in [0.25, 0.3) is 11.3 Å². The van der Waals surface area contributed by atoms with E-state index in [1.165, 1.54) is 57.2 Å². The van der Waals surface area contributed by atoms with Gasteiger partial charge in [-0.15, -0.1) is 0 Å². The lowest BCUT2D eigenvalue weighted by atomic mass is 10.0. The Hall–Kier alpha value is -1.99. The zero-order valence-corrected chi connectivity index (χ0v) is 17.2. The van der Waals surface area contributed by atoms with Crippen molar-refractivity contribution >= 4 is 5.95 Å². The summed E-state index contributed by atoms with van der Waals surface area (Å²) in [6, 6.07) is 3.07. The maximum Gasteiger partial charge on any atom is 0.225 e. The third-order valence-electron chi connectivity index (χ3n) is 6.90. The molecule has 1 saturated carbocycles. The summed E-state index contributed by atoms with van der Waals surface area (Å²) < 4.78 is 2.02. The van der Waals surface area contributed by atoms with Crippen LogP contribution in [0.15, 0.2) is 18.5 Å². The number of aliphatic hydroxyl groups is 1. The molecule has 7 heteroatoms. The second-order valence-corrected chi connectivity index (χ2v) is 8.66. The van der Waals surface area contributed by atoms with Crippen molar-refractivity contribution in [2.24, 2.45) is 0 Å². The quantitative estimate of drug-likeness (QED) is 0.809. The van der Waals surface area contributed by atoms with Crippen molar-refractivity contribution in [2.75, 3.05) is 31.1 Å². The molecule has 7 nitrogen and oxygen atoms in total. The van der Waals surface area contributed by atoms with Gasteiger partial charge in [-0.1, -0.05) is 12.8 Å². The van der Waals surface area contributed by atoms with Crippen LogP contribution in [-0.2, 0) is 6.54 Å². The van der Waals surface area contributed by atoms with Gasteiger partial charge in [0.2, 0.25) is 5.95 Å². The Morgan fingerprint density at radius 3 is 2.62 bits per heavy atom. The van der Waals surface area contributed by atoms with E-state index in [9.17, 15) is 5.11 Å². The van der Waals surface area contributed by atoms with Crippen molar-refractivity contribution in [2.45, 2.75) is 70.0 Å². The summed E-state index contributed by atoms with van der Waals surface area (Å²) >= 11 is 0. The smallest absolute Gasteiger partial charge is 0.225 e. The molecule has 0 spiro atoms. The van der Waals surface area contributed by atoms with Gasteiger partial charge in [0.05, 0.1) is 36.8 Å². The third kappa shape index (κ3) is 3.66. The molecule has 0 bridgehead atoms. The largest absolute Gasteiger partial charge is 0.394 e. The van der Waals surface area contributed by atoms with E-state index in [2.05, 4.69) is 19.9 Å². The molecule has 29 heavy (non-hydrogen) atoms. The lowest BCUT2D eigenvalue weighted by Gasteiger charge is -2.31. The topological polar surface area (TPSA) is 70.3 Å². The fourth-order valence-electron chi connectivity index (χ4n) is 5.54. The first-order valence-corrected chi connectivity index (χ1v) is 11.4. The molecule has 156 valence electrons. The molecule has 1 N–H and O–H groups in total. The van der Waals surface area contributed by atoms with Crippen LogP contribution in [0, 0.1) is 0 Å². The molecule has 1 unspecified atom stereocenters. The summed E-state index contributed by atoms with van der Waals surface area (Å²) in [4.78, 5) is 14.5. The van der Waals surface area contributed by atoms with E-state index in [0.717, 1.165) is 36.7 Å². The van der Waals surface area contributed by atoms with Gasteiger partial charge >= 0.3 is 0 Å². The predicted molar refractivity (Wildman–Crippen MR) is 113 cm³/mol. The summed E-state index contributed by atoms with van der Waals surface area (Å²) in [5.41, 5.74) is 3.30. The molecule has 2 aliphatic heterocycles. The van der Waals surface area contributed by atoms with Crippen molar-refractivity contribution in [1.82, 2.24) is 24.6 Å². The normalized spacial score (nSPS) is 23.5. The van der Waals surface area contributed by atoms with Crippen LogP contribution >= 0.6 is 0 Å². The number of nitrogens with zero attached hydrogens (tertiary/aromatic N) is 6. The van der Waals surface area contributed by atoms with Crippen LogP contribution in [-0.4, -0.2) is 62.0 Å². The zero-order chi connectivity index (χ0) is 19.6. The minimum atomic E-state index is 0.104. The number of likely N-dealkylation sites (tertiary alicyclic amines) is 1. The van der Waals surface area contributed by atoms with Crippen molar-refractivity contribution in [3.63, 3.8) is 0 Å². The number of anilines is 1. The van der Waals surface area contributed by atoms with E-state index in [0.29, 0.717) is 18.6 Å². The van der Waals surface area contributed by atoms with E-state index in [1.807, 2.05) is 23.1 Å². The van der Waals surface area contributed by atoms with Crippen LogP contribution in [0.5, 0.6) is 0 Å². The number of aliphatic hydroxyl groups excluding tert-OH is 1. The molecule has 2 aromatic rings. The van der Waals surface area contributed by atoms with Gasteiger partial charge < -0.3 is 10.0 Å². The van der Waals surface area contributed by atoms with E-state index in [4.69, 9.17) is 4.98 Å². The summed E-state index contributed by atoms with van der Waals surface area (Å²) in [5, 5.41) is 14.3. The predicted octanol–water partition coefficient (Wildman–Crippen LogP) is 3.01. The highest BCUT2D eigenvalue weighted by molar-refractivity contribution is 5.63. The first-order chi connectivity index (χ1) is 14.3. The van der Waals surface area contributed by atoms with Gasteiger partial charge in [0.15, 0.2) is 0 Å². The SMILES string of the molecule is OCCn1ncc(-c2ccnc(N3CCCC3)n2)c1C1CCCN1C1CCCC1. The molecule has 5 rings (SSSR count). The average molecular weight is 397 g/mol. The van der Waals surface area contributed by atoms with Gasteiger partial charge in [-0.2, -0.15) is 5.10 Å². The summed E-state index contributed by atoms with van der Waals surface area (Å²) in [7, 11) is 0. The first-order valence-electron chi connectivity index (χ1n) is 11.4. The standard InChI is InChI=1S/C22H32N6O/c29-15-14-28-21(20-8-5-13-27(20)17-6-1-2-7-17)18(16-24-28)19-9-10-23-22(25-19)26-11-3-4-12-26/h9-10,16-17,20,29H,1-8,11-15H2. The molecule has 0 radical (unpaired) electrons. The maximum absolute atomic E-state index is 9.63. The second-order valence-electron chi connectivity index (χ2n) is 8.66. The van der Waals surface area contributed by atoms with Crippen molar-refractivity contribution in [1.29, 1.82) is 0 Å². The summed E-state index contributed by atoms with van der Waals surface area (Å²) in [6.07, 6.45) is 14.0. The molecule has 1 atom stereocenters. The van der Waals surface area contributed by atoms with Gasteiger partial charge in [-0.3, -0.25) is 9.58 Å². The fourth-order valence-corrected chi connectivity index (χ4v) is 5.54. The lowest BCUT2D eigenvalue weighted by Crippen LogP contribution is -2.34. The van der Waals surface area contributed by atoms with Gasteiger partial charge in [0, 0.05) is 30.9 Å². The highest BCUT2D eigenvalue weighted by Crippen LogP contribution is 2.41. The minimum absolute atomic E-state index is 0.104. The van der Waals surface area contributed by atoms with Gasteiger partial charge in [0.1, 0.15) is 0 Å². The molecule has 4 heterocycles. The number of hydrogen-bond donors (Lipinski definition) is 1. The monoisotopic (exact) mass is 396 g/mol. The Bertz CT molecular complexity index is 824. The van der Waals surface area contributed by atoms with Crippen molar-refractivity contribution in [3.05, 3.63) is 24.2 Å². The molecular weight excluding hydrogens is 364 g/mol.